The van der Waals surface area contributed by atoms with Crippen LogP contribution < -0.4 is 5.32 Å². The van der Waals surface area contributed by atoms with Gasteiger partial charge in [-0.05, 0) is 80.5 Å². The highest BCUT2D eigenvalue weighted by molar-refractivity contribution is 5.81. The van der Waals surface area contributed by atoms with E-state index in [-0.39, 0.29) is 30.9 Å². The van der Waals surface area contributed by atoms with Gasteiger partial charge in [0.05, 0.1) is 0 Å². The zero-order valence-electron chi connectivity index (χ0n) is 21.8. The average molecular weight is 486 g/mol. The molecule has 0 aliphatic heterocycles. The van der Waals surface area contributed by atoms with E-state index < -0.39 is 11.6 Å². The summed E-state index contributed by atoms with van der Waals surface area (Å²) in [4.78, 5) is 25.2. The molecule has 0 amide bonds. The molecule has 0 bridgehead atoms. The van der Waals surface area contributed by atoms with Crippen molar-refractivity contribution >= 4 is 17.6 Å². The van der Waals surface area contributed by atoms with E-state index in [9.17, 15) is 9.59 Å². The van der Waals surface area contributed by atoms with Gasteiger partial charge >= 0.3 is 11.9 Å². The van der Waals surface area contributed by atoms with Crippen LogP contribution in [-0.4, -0.2) is 30.2 Å². The first-order chi connectivity index (χ1) is 17.1. The van der Waals surface area contributed by atoms with Crippen molar-refractivity contribution in [2.24, 2.45) is 0 Å². The topological polar surface area (TPSA) is 64.6 Å². The molecule has 0 saturated heterocycles. The molecule has 4 rings (SSSR count). The van der Waals surface area contributed by atoms with Crippen LogP contribution in [0.1, 0.15) is 62.3 Å². The van der Waals surface area contributed by atoms with Crippen LogP contribution in [0.2, 0.25) is 0 Å². The summed E-state index contributed by atoms with van der Waals surface area (Å²) in [7, 11) is 0. The minimum absolute atomic E-state index is 0.0249. The standard InChI is InChI=1S/C31H35NO4/c1-20-14-15-22(16-17-29(33)36-31(3,4)5)28(18-20)32-21(2)30(34)35-19-27-25-12-8-6-10-23(25)24-11-7-9-13-26(24)27/h6-15,18,21,27,32H,16-17,19H2,1-5H3. The number of carbonyl (C=O) groups excluding carboxylic acids is 2. The van der Waals surface area contributed by atoms with Gasteiger partial charge in [0.1, 0.15) is 18.2 Å². The highest BCUT2D eigenvalue weighted by atomic mass is 16.6. The number of esters is 2. The molecule has 0 saturated carbocycles. The molecule has 1 aliphatic carbocycles. The molecule has 0 fully saturated rings. The summed E-state index contributed by atoms with van der Waals surface area (Å²) in [5.74, 6) is -0.521. The minimum atomic E-state index is -0.543. The third kappa shape index (κ3) is 5.96. The molecule has 0 heterocycles. The molecule has 5 heteroatoms. The van der Waals surface area contributed by atoms with Crippen molar-refractivity contribution in [2.45, 2.75) is 65.0 Å². The number of hydrogen-bond donors (Lipinski definition) is 1. The average Bonchev–Trinajstić information content (AvgIpc) is 3.14. The van der Waals surface area contributed by atoms with Crippen LogP contribution in [0, 0.1) is 6.92 Å². The SMILES string of the molecule is Cc1ccc(CCC(=O)OC(C)(C)C)c(NC(C)C(=O)OCC2c3ccccc3-c3ccccc32)c1. The largest absolute Gasteiger partial charge is 0.463 e. The molecule has 0 radical (unpaired) electrons. The Morgan fingerprint density at radius 3 is 2.17 bits per heavy atom. The Bertz CT molecular complexity index is 1210. The van der Waals surface area contributed by atoms with Crippen molar-refractivity contribution in [3.63, 3.8) is 0 Å². The lowest BCUT2D eigenvalue weighted by atomic mass is 9.98. The van der Waals surface area contributed by atoms with E-state index in [0.717, 1.165) is 16.8 Å². The van der Waals surface area contributed by atoms with Gasteiger partial charge in [-0.2, -0.15) is 0 Å². The molecule has 1 aliphatic rings. The Hall–Kier alpha value is -3.60. The molecule has 36 heavy (non-hydrogen) atoms. The van der Waals surface area contributed by atoms with E-state index in [0.29, 0.717) is 6.42 Å². The van der Waals surface area contributed by atoms with Crippen LogP contribution in [0.15, 0.2) is 66.7 Å². The van der Waals surface area contributed by atoms with E-state index in [1.54, 1.807) is 6.92 Å². The lowest BCUT2D eigenvalue weighted by molar-refractivity contribution is -0.154. The van der Waals surface area contributed by atoms with E-state index in [1.165, 1.54) is 22.3 Å². The van der Waals surface area contributed by atoms with Crippen molar-refractivity contribution in [3.8, 4) is 11.1 Å². The summed E-state index contributed by atoms with van der Waals surface area (Å²) >= 11 is 0. The van der Waals surface area contributed by atoms with Crippen molar-refractivity contribution in [1.29, 1.82) is 0 Å². The van der Waals surface area contributed by atoms with Crippen LogP contribution in [0.25, 0.3) is 11.1 Å². The summed E-state index contributed by atoms with van der Waals surface area (Å²) in [6, 6.07) is 22.1. The molecule has 0 spiro atoms. The number of aryl methyl sites for hydroxylation is 2. The second-order valence-electron chi connectivity index (χ2n) is 10.5. The fourth-order valence-electron chi connectivity index (χ4n) is 4.69. The lowest BCUT2D eigenvalue weighted by Crippen LogP contribution is -2.30. The smallest absolute Gasteiger partial charge is 0.328 e. The number of anilines is 1. The minimum Gasteiger partial charge on any atom is -0.463 e. The van der Waals surface area contributed by atoms with Gasteiger partial charge < -0.3 is 14.8 Å². The van der Waals surface area contributed by atoms with E-state index in [1.807, 2.05) is 70.2 Å². The first-order valence-electron chi connectivity index (χ1n) is 12.5. The Labute approximate surface area is 213 Å². The van der Waals surface area contributed by atoms with E-state index >= 15 is 0 Å². The summed E-state index contributed by atoms with van der Waals surface area (Å²) in [5, 5.41) is 3.31. The number of rotatable bonds is 8. The maximum atomic E-state index is 13.0. The molecule has 188 valence electrons. The van der Waals surface area contributed by atoms with Gasteiger partial charge in [-0.15, -0.1) is 0 Å². The molecule has 1 atom stereocenters. The van der Waals surface area contributed by atoms with Gasteiger partial charge in [0.15, 0.2) is 0 Å². The Kier molecular flexibility index (Phi) is 7.48. The fraction of sp³-hybridized carbons (Fsp3) is 0.355. The van der Waals surface area contributed by atoms with E-state index in [2.05, 4.69) is 29.6 Å². The molecule has 1 unspecified atom stereocenters. The van der Waals surface area contributed by atoms with Crippen LogP contribution >= 0.6 is 0 Å². The van der Waals surface area contributed by atoms with E-state index in [4.69, 9.17) is 9.47 Å². The predicted octanol–water partition coefficient (Wildman–Crippen LogP) is 6.43. The quantitative estimate of drug-likeness (QED) is 0.373. The Morgan fingerprint density at radius 2 is 1.56 bits per heavy atom. The van der Waals surface area contributed by atoms with Gasteiger partial charge in [0.25, 0.3) is 0 Å². The maximum absolute atomic E-state index is 13.0. The molecule has 0 aromatic heterocycles. The number of nitrogens with one attached hydrogen (secondary N) is 1. The molecule has 1 N–H and O–H groups in total. The van der Waals surface area contributed by atoms with Crippen molar-refractivity contribution in [3.05, 3.63) is 89.0 Å². The molecular formula is C31H35NO4. The van der Waals surface area contributed by atoms with Crippen LogP contribution in [-0.2, 0) is 25.5 Å². The third-order valence-corrected chi connectivity index (χ3v) is 6.36. The summed E-state index contributed by atoms with van der Waals surface area (Å²) in [6.07, 6.45) is 0.795. The number of carbonyl (C=O) groups is 2. The van der Waals surface area contributed by atoms with Crippen LogP contribution in [0.4, 0.5) is 5.69 Å². The van der Waals surface area contributed by atoms with Crippen molar-refractivity contribution in [2.75, 3.05) is 11.9 Å². The first kappa shape index (κ1) is 25.5. The van der Waals surface area contributed by atoms with Gasteiger partial charge in [0, 0.05) is 18.0 Å². The predicted molar refractivity (Wildman–Crippen MR) is 143 cm³/mol. The van der Waals surface area contributed by atoms with Crippen LogP contribution in [0.3, 0.4) is 0 Å². The second kappa shape index (κ2) is 10.6. The van der Waals surface area contributed by atoms with Crippen molar-refractivity contribution < 1.29 is 19.1 Å². The summed E-state index contributed by atoms with van der Waals surface area (Å²) < 4.78 is 11.3. The molecule has 3 aromatic carbocycles. The van der Waals surface area contributed by atoms with Gasteiger partial charge in [0.2, 0.25) is 0 Å². The molecule has 3 aromatic rings. The zero-order chi connectivity index (χ0) is 25.9. The Morgan fingerprint density at radius 1 is 0.944 bits per heavy atom. The highest BCUT2D eigenvalue weighted by Gasteiger charge is 2.29. The van der Waals surface area contributed by atoms with Crippen LogP contribution in [0.5, 0.6) is 0 Å². The summed E-state index contributed by atoms with van der Waals surface area (Å²) in [5.41, 5.74) is 7.14. The summed E-state index contributed by atoms with van der Waals surface area (Å²) in [6.45, 7) is 9.68. The lowest BCUT2D eigenvalue weighted by Gasteiger charge is -2.21. The van der Waals surface area contributed by atoms with Crippen molar-refractivity contribution in [1.82, 2.24) is 0 Å². The number of benzene rings is 3. The molecular weight excluding hydrogens is 450 g/mol. The fourth-order valence-corrected chi connectivity index (χ4v) is 4.69. The second-order valence-corrected chi connectivity index (χ2v) is 10.5. The number of ether oxygens (including phenoxy) is 2. The normalized spacial score (nSPS) is 13.5. The first-order valence-corrected chi connectivity index (χ1v) is 12.5. The highest BCUT2D eigenvalue weighted by Crippen LogP contribution is 2.44. The maximum Gasteiger partial charge on any atom is 0.328 e. The Balaban J connectivity index is 1.40. The third-order valence-electron chi connectivity index (χ3n) is 6.36. The van der Waals surface area contributed by atoms with Gasteiger partial charge in [-0.25, -0.2) is 4.79 Å². The zero-order valence-corrected chi connectivity index (χ0v) is 21.8. The molecule has 5 nitrogen and oxygen atoms in total. The van der Waals surface area contributed by atoms with Gasteiger partial charge in [-0.1, -0.05) is 60.7 Å². The number of fused-ring (bicyclic) bond motifs is 3. The van der Waals surface area contributed by atoms with Gasteiger partial charge in [-0.3, -0.25) is 4.79 Å². The monoisotopic (exact) mass is 485 g/mol. The number of hydrogen-bond acceptors (Lipinski definition) is 5.